The van der Waals surface area contributed by atoms with E-state index < -0.39 is 5.54 Å². The highest BCUT2D eigenvalue weighted by molar-refractivity contribution is 5.94. The van der Waals surface area contributed by atoms with E-state index in [1.165, 1.54) is 5.56 Å². The molecule has 1 aliphatic rings. The van der Waals surface area contributed by atoms with Crippen LogP contribution in [0.4, 0.5) is 0 Å². The van der Waals surface area contributed by atoms with E-state index in [0.29, 0.717) is 31.7 Å². The molecule has 1 fully saturated rings. The molecule has 0 radical (unpaired) electrons. The fourth-order valence-electron chi connectivity index (χ4n) is 3.57. The van der Waals surface area contributed by atoms with Gasteiger partial charge in [0, 0.05) is 24.9 Å². The van der Waals surface area contributed by atoms with Crippen molar-refractivity contribution in [2.24, 2.45) is 10.9 Å². The summed E-state index contributed by atoms with van der Waals surface area (Å²) in [6.45, 7) is 1.48. The number of hydrogen-bond donors (Lipinski definition) is 2. The van der Waals surface area contributed by atoms with Crippen molar-refractivity contribution < 1.29 is 14.7 Å². The maximum Gasteiger partial charge on any atom is 0.253 e. The second-order valence-corrected chi connectivity index (χ2v) is 7.94. The van der Waals surface area contributed by atoms with E-state index in [0.717, 1.165) is 31.2 Å². The highest BCUT2D eigenvalue weighted by Gasteiger charge is 2.36. The van der Waals surface area contributed by atoms with Crippen LogP contribution in [0.5, 0.6) is 0 Å². The van der Waals surface area contributed by atoms with Gasteiger partial charge in [-0.3, -0.25) is 4.79 Å². The Morgan fingerprint density at radius 3 is 2.57 bits per heavy atom. The first kappa shape index (κ1) is 22.0. The lowest BCUT2D eigenvalue weighted by Gasteiger charge is -2.22. The van der Waals surface area contributed by atoms with Crippen molar-refractivity contribution in [1.29, 1.82) is 0 Å². The largest absolute Gasteiger partial charge is 0.396 e. The van der Waals surface area contributed by atoms with Crippen LogP contribution < -0.4 is 5.73 Å². The van der Waals surface area contributed by atoms with Crippen molar-refractivity contribution in [2.45, 2.75) is 37.6 Å². The third kappa shape index (κ3) is 6.40. The maximum atomic E-state index is 12.6. The van der Waals surface area contributed by atoms with Gasteiger partial charge in [0.05, 0.1) is 12.1 Å². The number of nitrogens with zero attached hydrogens (tertiary/aromatic N) is 2. The first-order chi connectivity index (χ1) is 14.6. The number of likely N-dealkylation sites (tertiary alicyclic amines) is 1. The third-order valence-electron chi connectivity index (χ3n) is 5.44. The van der Waals surface area contributed by atoms with Gasteiger partial charge in [-0.2, -0.15) is 0 Å². The Morgan fingerprint density at radius 1 is 1.13 bits per heavy atom. The van der Waals surface area contributed by atoms with Gasteiger partial charge in [-0.1, -0.05) is 47.6 Å². The van der Waals surface area contributed by atoms with Gasteiger partial charge in [0.2, 0.25) is 0 Å². The molecule has 160 valence electrons. The topological polar surface area (TPSA) is 88.2 Å². The van der Waals surface area contributed by atoms with E-state index in [1.807, 2.05) is 42.5 Å². The number of aliphatic hydroxyl groups is 1. The summed E-state index contributed by atoms with van der Waals surface area (Å²) in [6, 6.07) is 18.0. The van der Waals surface area contributed by atoms with Gasteiger partial charge >= 0.3 is 0 Å². The molecule has 2 aromatic rings. The summed E-state index contributed by atoms with van der Waals surface area (Å²) < 4.78 is 0. The minimum atomic E-state index is -0.668. The van der Waals surface area contributed by atoms with E-state index in [1.54, 1.807) is 11.1 Å². The average molecular weight is 410 g/mol. The molecule has 1 aliphatic heterocycles. The van der Waals surface area contributed by atoms with Crippen LogP contribution in [0.1, 0.15) is 40.7 Å². The van der Waals surface area contributed by atoms with E-state index >= 15 is 0 Å². The number of aryl methyl sites for hydroxylation is 2. The number of carbonyl (C=O) groups is 1. The lowest BCUT2D eigenvalue weighted by atomic mass is 10.0. The number of rotatable bonds is 10. The quantitative estimate of drug-likeness (QED) is 0.359. The average Bonchev–Trinajstić information content (AvgIpc) is 3.19. The fraction of sp³-hybridized carbons (Fsp3) is 0.417. The number of benzene rings is 2. The summed E-state index contributed by atoms with van der Waals surface area (Å²) in [5, 5.41) is 13.4. The van der Waals surface area contributed by atoms with Crippen molar-refractivity contribution in [3.63, 3.8) is 0 Å². The molecule has 0 aromatic heterocycles. The number of amides is 1. The molecular weight excluding hydrogens is 378 g/mol. The minimum Gasteiger partial charge on any atom is -0.396 e. The van der Waals surface area contributed by atoms with Crippen molar-refractivity contribution in [2.75, 3.05) is 26.3 Å². The van der Waals surface area contributed by atoms with Gasteiger partial charge < -0.3 is 20.6 Å². The second-order valence-electron chi connectivity index (χ2n) is 7.94. The maximum absolute atomic E-state index is 12.6. The van der Waals surface area contributed by atoms with Crippen LogP contribution in [-0.2, 0) is 17.7 Å². The predicted molar refractivity (Wildman–Crippen MR) is 118 cm³/mol. The van der Waals surface area contributed by atoms with E-state index in [9.17, 15) is 9.90 Å². The monoisotopic (exact) mass is 409 g/mol. The molecular formula is C24H31N3O3. The van der Waals surface area contributed by atoms with E-state index in [-0.39, 0.29) is 12.5 Å². The van der Waals surface area contributed by atoms with Crippen molar-refractivity contribution >= 4 is 12.1 Å². The number of aliphatic hydroxyl groups excluding tert-OH is 1. The van der Waals surface area contributed by atoms with E-state index in [4.69, 9.17) is 10.6 Å². The zero-order valence-electron chi connectivity index (χ0n) is 17.4. The molecule has 0 bridgehead atoms. The van der Waals surface area contributed by atoms with Crippen LogP contribution in [0.2, 0.25) is 0 Å². The van der Waals surface area contributed by atoms with Gasteiger partial charge in [0.15, 0.2) is 0 Å². The molecule has 0 saturated carbocycles. The normalized spacial score (nSPS) is 18.8. The molecule has 0 spiro atoms. The molecule has 6 heteroatoms. The third-order valence-corrected chi connectivity index (χ3v) is 5.44. The zero-order chi connectivity index (χ0) is 21.2. The smallest absolute Gasteiger partial charge is 0.253 e. The molecule has 0 unspecified atom stereocenters. The summed E-state index contributed by atoms with van der Waals surface area (Å²) in [7, 11) is 0. The molecule has 1 amide bonds. The Kier molecular flexibility index (Phi) is 7.99. The molecule has 3 N–H and O–H groups in total. The lowest BCUT2D eigenvalue weighted by Crippen LogP contribution is -2.46. The van der Waals surface area contributed by atoms with Crippen molar-refractivity contribution in [3.05, 3.63) is 71.3 Å². The Balaban J connectivity index is 1.33. The molecule has 30 heavy (non-hydrogen) atoms. The van der Waals surface area contributed by atoms with Crippen molar-refractivity contribution in [3.8, 4) is 0 Å². The fourth-order valence-corrected chi connectivity index (χ4v) is 3.57. The lowest BCUT2D eigenvalue weighted by molar-refractivity contribution is 0.0775. The predicted octanol–water partition coefficient (Wildman–Crippen LogP) is 2.79. The molecule has 6 nitrogen and oxygen atoms in total. The Hall–Kier alpha value is -2.70. The number of hydrogen-bond acceptors (Lipinski definition) is 5. The first-order valence-electron chi connectivity index (χ1n) is 10.6. The van der Waals surface area contributed by atoms with E-state index in [2.05, 4.69) is 17.3 Å². The summed E-state index contributed by atoms with van der Waals surface area (Å²) in [6.07, 6.45) is 5.97. The van der Waals surface area contributed by atoms with Crippen LogP contribution in [0.25, 0.3) is 0 Å². The Morgan fingerprint density at radius 2 is 1.87 bits per heavy atom. The molecule has 1 heterocycles. The summed E-state index contributed by atoms with van der Waals surface area (Å²) in [5.41, 5.74) is 8.49. The molecule has 2 aromatic carbocycles. The van der Waals surface area contributed by atoms with Crippen LogP contribution in [0.15, 0.2) is 59.8 Å². The highest BCUT2D eigenvalue weighted by atomic mass is 16.6. The first-order valence-corrected chi connectivity index (χ1v) is 10.6. The number of nitrogens with two attached hydrogens (primary N) is 1. The summed E-state index contributed by atoms with van der Waals surface area (Å²) >= 11 is 0. The second kappa shape index (κ2) is 10.9. The van der Waals surface area contributed by atoms with Gasteiger partial charge in [-0.25, -0.2) is 0 Å². The summed E-state index contributed by atoms with van der Waals surface area (Å²) in [4.78, 5) is 19.6. The number of carbonyl (C=O) groups excluding carboxylic acids is 1. The SMILES string of the molecule is N[C@@]1(CO)CCN(C(=O)c2ccc(CCC=NOCCCc3ccccc3)cc2)C1. The van der Waals surface area contributed by atoms with Gasteiger partial charge in [0.25, 0.3) is 5.91 Å². The van der Waals surface area contributed by atoms with Crippen LogP contribution in [-0.4, -0.2) is 54.0 Å². The molecule has 1 atom stereocenters. The highest BCUT2D eigenvalue weighted by Crippen LogP contribution is 2.20. The van der Waals surface area contributed by atoms with Crippen LogP contribution >= 0.6 is 0 Å². The molecule has 0 aliphatic carbocycles. The summed E-state index contributed by atoms with van der Waals surface area (Å²) in [5.74, 6) is -0.0345. The molecule has 3 rings (SSSR count). The minimum absolute atomic E-state index is 0.0345. The standard InChI is InChI=1S/C24H31N3O3/c25-24(19-28)14-16-27(18-24)23(29)22-12-10-21(11-13-22)8-4-15-26-30-17-5-9-20-6-2-1-3-7-20/h1-3,6-7,10-13,15,28H,4-5,8-9,14,16-19,25H2/t24-/m0/s1. The molecule has 1 saturated heterocycles. The van der Waals surface area contributed by atoms with Crippen LogP contribution in [0.3, 0.4) is 0 Å². The van der Waals surface area contributed by atoms with Gasteiger partial charge in [-0.15, -0.1) is 0 Å². The zero-order valence-corrected chi connectivity index (χ0v) is 17.4. The number of oxime groups is 1. The van der Waals surface area contributed by atoms with Gasteiger partial charge in [-0.05, 0) is 55.4 Å². The van der Waals surface area contributed by atoms with Gasteiger partial charge in [0.1, 0.15) is 6.61 Å². The van der Waals surface area contributed by atoms with Crippen LogP contribution in [0, 0.1) is 0 Å². The Bertz CT molecular complexity index is 823. The van der Waals surface area contributed by atoms with Crippen molar-refractivity contribution in [1.82, 2.24) is 4.90 Å². The Labute approximate surface area is 178 Å².